The molecule has 1 atom stereocenters. The summed E-state index contributed by atoms with van der Waals surface area (Å²) in [6, 6.07) is 9.22. The zero-order valence-electron chi connectivity index (χ0n) is 13.4. The summed E-state index contributed by atoms with van der Waals surface area (Å²) in [5.74, 6) is 0.846. The predicted molar refractivity (Wildman–Crippen MR) is 93.2 cm³/mol. The molecule has 114 valence electrons. The second-order valence-electron chi connectivity index (χ2n) is 6.46. The minimum atomic E-state index is 0.460. The standard InChI is InChI=1S/C18H26N2S/c1-13-16-6-4-5-7-17(16)21-18(13)14(2)19-12-15-8-10-20(3)11-9-15/h4-7,14-15,19H,8-12H2,1-3H3. The molecule has 2 heterocycles. The van der Waals surface area contributed by atoms with Crippen molar-refractivity contribution in [3.63, 3.8) is 0 Å². The predicted octanol–water partition coefficient (Wildman–Crippen LogP) is 4.20. The summed E-state index contributed by atoms with van der Waals surface area (Å²) in [5.41, 5.74) is 1.46. The first-order valence-corrected chi connectivity index (χ1v) is 8.86. The number of thiophene rings is 1. The number of likely N-dealkylation sites (tertiary alicyclic amines) is 1. The first-order chi connectivity index (χ1) is 10.1. The third kappa shape index (κ3) is 3.31. The molecule has 21 heavy (non-hydrogen) atoms. The molecule has 2 aromatic rings. The molecule has 0 radical (unpaired) electrons. The van der Waals surface area contributed by atoms with Gasteiger partial charge in [0.25, 0.3) is 0 Å². The van der Waals surface area contributed by atoms with Crippen molar-refractivity contribution in [2.75, 3.05) is 26.7 Å². The number of aryl methyl sites for hydroxylation is 1. The summed E-state index contributed by atoms with van der Waals surface area (Å²) < 4.78 is 1.41. The molecule has 0 amide bonds. The van der Waals surface area contributed by atoms with Crippen LogP contribution in [0.3, 0.4) is 0 Å². The van der Waals surface area contributed by atoms with Crippen LogP contribution in [0.1, 0.15) is 36.2 Å². The Hall–Kier alpha value is -0.900. The van der Waals surface area contributed by atoms with E-state index < -0.39 is 0 Å². The van der Waals surface area contributed by atoms with Crippen LogP contribution in [0, 0.1) is 12.8 Å². The highest BCUT2D eigenvalue weighted by Crippen LogP contribution is 2.34. The van der Waals surface area contributed by atoms with Gasteiger partial charge in [-0.05, 0) is 76.3 Å². The lowest BCUT2D eigenvalue weighted by molar-refractivity contribution is 0.213. The Balaban J connectivity index is 1.64. The highest BCUT2D eigenvalue weighted by atomic mass is 32.1. The number of nitrogens with one attached hydrogen (secondary N) is 1. The molecular formula is C18H26N2S. The maximum atomic E-state index is 3.78. The Bertz CT molecular complexity index is 596. The van der Waals surface area contributed by atoms with E-state index in [1.807, 2.05) is 11.3 Å². The fourth-order valence-corrected chi connectivity index (χ4v) is 4.55. The molecule has 3 rings (SSSR count). The van der Waals surface area contributed by atoms with Crippen LogP contribution in [0.4, 0.5) is 0 Å². The van der Waals surface area contributed by atoms with Crippen LogP contribution >= 0.6 is 11.3 Å². The summed E-state index contributed by atoms with van der Waals surface area (Å²) in [6.45, 7) is 8.24. The van der Waals surface area contributed by atoms with Gasteiger partial charge in [0, 0.05) is 15.6 Å². The van der Waals surface area contributed by atoms with Gasteiger partial charge in [0.15, 0.2) is 0 Å². The summed E-state index contributed by atoms with van der Waals surface area (Å²) >= 11 is 1.95. The van der Waals surface area contributed by atoms with Crippen molar-refractivity contribution in [1.29, 1.82) is 0 Å². The lowest BCUT2D eigenvalue weighted by atomic mass is 9.97. The van der Waals surface area contributed by atoms with E-state index in [1.54, 1.807) is 0 Å². The summed E-state index contributed by atoms with van der Waals surface area (Å²) in [5, 5.41) is 5.20. The van der Waals surface area contributed by atoms with Crippen molar-refractivity contribution >= 4 is 21.4 Å². The topological polar surface area (TPSA) is 15.3 Å². The highest BCUT2D eigenvalue weighted by molar-refractivity contribution is 7.19. The molecule has 1 unspecified atom stereocenters. The van der Waals surface area contributed by atoms with Gasteiger partial charge in [0.05, 0.1) is 0 Å². The van der Waals surface area contributed by atoms with Crippen molar-refractivity contribution in [2.24, 2.45) is 5.92 Å². The molecule has 1 aliphatic rings. The van der Waals surface area contributed by atoms with Gasteiger partial charge in [0.2, 0.25) is 0 Å². The fourth-order valence-electron chi connectivity index (χ4n) is 3.31. The number of piperidine rings is 1. The number of nitrogens with zero attached hydrogens (tertiary/aromatic N) is 1. The first-order valence-electron chi connectivity index (χ1n) is 8.05. The van der Waals surface area contributed by atoms with Gasteiger partial charge >= 0.3 is 0 Å². The van der Waals surface area contributed by atoms with Crippen molar-refractivity contribution in [1.82, 2.24) is 10.2 Å². The minimum absolute atomic E-state index is 0.460. The maximum absolute atomic E-state index is 3.78. The highest BCUT2D eigenvalue weighted by Gasteiger charge is 2.19. The molecule has 1 aromatic carbocycles. The maximum Gasteiger partial charge on any atom is 0.0389 e. The van der Waals surface area contributed by atoms with Gasteiger partial charge in [-0.25, -0.2) is 0 Å². The Morgan fingerprint density at radius 3 is 2.71 bits per heavy atom. The number of hydrogen-bond donors (Lipinski definition) is 1. The van der Waals surface area contributed by atoms with Gasteiger partial charge in [-0.3, -0.25) is 0 Å². The van der Waals surface area contributed by atoms with Crippen LogP contribution in [0.15, 0.2) is 24.3 Å². The quantitative estimate of drug-likeness (QED) is 0.910. The SMILES string of the molecule is Cc1c(C(C)NCC2CCN(C)CC2)sc2ccccc12. The molecule has 1 N–H and O–H groups in total. The molecule has 1 saturated heterocycles. The van der Waals surface area contributed by atoms with E-state index in [0.29, 0.717) is 6.04 Å². The Labute approximate surface area is 132 Å². The Kier molecular flexibility index (Phi) is 4.63. The van der Waals surface area contributed by atoms with Gasteiger partial charge in [-0.1, -0.05) is 18.2 Å². The van der Waals surface area contributed by atoms with E-state index in [9.17, 15) is 0 Å². The fraction of sp³-hybridized carbons (Fsp3) is 0.556. The summed E-state index contributed by atoms with van der Waals surface area (Å²) in [4.78, 5) is 3.94. The van der Waals surface area contributed by atoms with E-state index in [2.05, 4.69) is 55.4 Å². The van der Waals surface area contributed by atoms with Crippen LogP contribution in [0.5, 0.6) is 0 Å². The van der Waals surface area contributed by atoms with E-state index in [-0.39, 0.29) is 0 Å². The van der Waals surface area contributed by atoms with Crippen LogP contribution in [0.2, 0.25) is 0 Å². The van der Waals surface area contributed by atoms with Crippen molar-refractivity contribution < 1.29 is 0 Å². The van der Waals surface area contributed by atoms with E-state index >= 15 is 0 Å². The van der Waals surface area contributed by atoms with Gasteiger partial charge in [-0.15, -0.1) is 11.3 Å². The number of fused-ring (bicyclic) bond motifs is 1. The zero-order valence-corrected chi connectivity index (χ0v) is 14.2. The molecular weight excluding hydrogens is 276 g/mol. The molecule has 0 bridgehead atoms. The Morgan fingerprint density at radius 2 is 2.00 bits per heavy atom. The van der Waals surface area contributed by atoms with Crippen LogP contribution in [-0.4, -0.2) is 31.6 Å². The summed E-state index contributed by atoms with van der Waals surface area (Å²) in [7, 11) is 2.23. The Morgan fingerprint density at radius 1 is 1.29 bits per heavy atom. The molecule has 2 nitrogen and oxygen atoms in total. The second-order valence-corrected chi connectivity index (χ2v) is 7.55. The van der Waals surface area contributed by atoms with Crippen LogP contribution in [-0.2, 0) is 0 Å². The average Bonchev–Trinajstić information content (AvgIpc) is 2.84. The van der Waals surface area contributed by atoms with Crippen LogP contribution in [0.25, 0.3) is 10.1 Å². The number of benzene rings is 1. The van der Waals surface area contributed by atoms with Crippen LogP contribution < -0.4 is 5.32 Å². The second kappa shape index (κ2) is 6.47. The van der Waals surface area contributed by atoms with Crippen molar-refractivity contribution in [3.8, 4) is 0 Å². The smallest absolute Gasteiger partial charge is 0.0389 e. The zero-order chi connectivity index (χ0) is 14.8. The molecule has 3 heteroatoms. The molecule has 1 fully saturated rings. The monoisotopic (exact) mass is 302 g/mol. The van der Waals surface area contributed by atoms with Crippen molar-refractivity contribution in [2.45, 2.75) is 32.7 Å². The average molecular weight is 302 g/mol. The molecule has 1 aromatic heterocycles. The minimum Gasteiger partial charge on any atom is -0.309 e. The van der Waals surface area contributed by atoms with E-state index in [0.717, 1.165) is 12.5 Å². The molecule has 0 aliphatic carbocycles. The molecule has 0 spiro atoms. The molecule has 1 aliphatic heterocycles. The lowest BCUT2D eigenvalue weighted by Crippen LogP contribution is -2.35. The normalized spacial score (nSPS) is 19.2. The third-order valence-corrected chi connectivity index (χ3v) is 6.28. The third-order valence-electron chi connectivity index (χ3n) is 4.82. The van der Waals surface area contributed by atoms with Gasteiger partial charge < -0.3 is 10.2 Å². The largest absolute Gasteiger partial charge is 0.309 e. The number of rotatable bonds is 4. The summed E-state index contributed by atoms with van der Waals surface area (Å²) in [6.07, 6.45) is 2.67. The van der Waals surface area contributed by atoms with Gasteiger partial charge in [0.1, 0.15) is 0 Å². The van der Waals surface area contributed by atoms with E-state index in [4.69, 9.17) is 0 Å². The number of hydrogen-bond acceptors (Lipinski definition) is 3. The van der Waals surface area contributed by atoms with Crippen molar-refractivity contribution in [3.05, 3.63) is 34.7 Å². The van der Waals surface area contributed by atoms with Gasteiger partial charge in [-0.2, -0.15) is 0 Å². The first kappa shape index (κ1) is 15.0. The lowest BCUT2D eigenvalue weighted by Gasteiger charge is -2.29. The van der Waals surface area contributed by atoms with E-state index in [1.165, 1.54) is 46.5 Å². The molecule has 0 saturated carbocycles.